The molecule has 2 aromatic carbocycles. The number of carbonyl (C=O) groups excluding carboxylic acids is 1. The summed E-state index contributed by atoms with van der Waals surface area (Å²) >= 11 is 0. The van der Waals surface area contributed by atoms with Crippen LogP contribution in [-0.4, -0.2) is 29.3 Å². The van der Waals surface area contributed by atoms with Crippen LogP contribution in [0.4, 0.5) is 14.9 Å². The average Bonchev–Trinajstić information content (AvgIpc) is 3.09. The predicted molar refractivity (Wildman–Crippen MR) is 117 cm³/mol. The Hall–Kier alpha value is -3.85. The second-order valence-corrected chi connectivity index (χ2v) is 7.40. The quantitative estimate of drug-likeness (QED) is 0.310. The van der Waals surface area contributed by atoms with E-state index >= 15 is 0 Å². The van der Waals surface area contributed by atoms with Crippen LogP contribution in [0.2, 0.25) is 0 Å². The smallest absolute Gasteiger partial charge is 0.455 e. The summed E-state index contributed by atoms with van der Waals surface area (Å²) in [5.74, 6) is 0.491. The summed E-state index contributed by atoms with van der Waals surface area (Å²) in [6, 6.07) is 9.36. The summed E-state index contributed by atoms with van der Waals surface area (Å²) < 4.78 is 35.0. The molecule has 4 rings (SSSR count). The molecular weight excluding hydrogens is 417 g/mol. The zero-order chi connectivity index (χ0) is 22.8. The number of nitrogens with one attached hydrogen (secondary N) is 1. The number of H-pyrrole nitrogens is 1. The molecule has 8 nitrogen and oxygen atoms in total. The van der Waals surface area contributed by atoms with E-state index in [1.54, 1.807) is 26.1 Å². The number of carbonyl (C=O) groups is 1. The number of fused-ring (bicyclic) bond motifs is 3. The fourth-order valence-corrected chi connectivity index (χ4v) is 3.39. The van der Waals surface area contributed by atoms with Gasteiger partial charge in [0.25, 0.3) is 0 Å². The second kappa shape index (κ2) is 8.72. The number of aromatic amines is 1. The van der Waals surface area contributed by atoms with Crippen molar-refractivity contribution >= 4 is 33.6 Å². The maximum atomic E-state index is 13.3. The highest BCUT2D eigenvalue weighted by Crippen LogP contribution is 2.36. The highest BCUT2D eigenvalue weighted by atomic mass is 19.1. The molecule has 0 radical (unpaired) electrons. The van der Waals surface area contributed by atoms with Gasteiger partial charge in [0, 0.05) is 29.5 Å². The Morgan fingerprint density at radius 1 is 1.19 bits per heavy atom. The minimum absolute atomic E-state index is 0.0972. The molecule has 0 unspecified atom stereocenters. The number of hydrogen-bond acceptors (Lipinski definition) is 7. The molecule has 2 heterocycles. The zero-order valence-electron chi connectivity index (χ0n) is 17.8. The first kappa shape index (κ1) is 21.4. The van der Waals surface area contributed by atoms with Crippen molar-refractivity contribution in [3.63, 3.8) is 0 Å². The summed E-state index contributed by atoms with van der Waals surface area (Å²) in [5.41, 5.74) is 8.18. The third-order valence-electron chi connectivity index (χ3n) is 4.67. The number of anilines is 1. The zero-order valence-corrected chi connectivity index (χ0v) is 17.8. The third kappa shape index (κ3) is 4.28. The summed E-state index contributed by atoms with van der Waals surface area (Å²) in [6.45, 7) is 3.60. The fraction of sp³-hybridized carbons (Fsp3) is 0.217. The third-order valence-corrected chi connectivity index (χ3v) is 4.67. The molecule has 0 bridgehead atoms. The Morgan fingerprint density at radius 2 is 2.00 bits per heavy atom. The molecular formula is C23H22FN3O5. The average molecular weight is 439 g/mol. The minimum atomic E-state index is -0.847. The van der Waals surface area contributed by atoms with Crippen LogP contribution in [0.15, 0.2) is 42.6 Å². The number of pyridine rings is 1. The number of methoxy groups -OCH3 is 1. The summed E-state index contributed by atoms with van der Waals surface area (Å²) in [7, 11) is 1.54. The first-order chi connectivity index (χ1) is 15.4. The molecule has 0 aliphatic heterocycles. The van der Waals surface area contributed by atoms with Gasteiger partial charge in [0.15, 0.2) is 5.75 Å². The van der Waals surface area contributed by atoms with Crippen LogP contribution in [0.1, 0.15) is 19.4 Å². The van der Waals surface area contributed by atoms with E-state index in [9.17, 15) is 9.18 Å². The van der Waals surface area contributed by atoms with E-state index in [-0.39, 0.29) is 24.3 Å². The molecule has 0 aliphatic rings. The van der Waals surface area contributed by atoms with E-state index in [0.717, 1.165) is 21.8 Å². The van der Waals surface area contributed by atoms with Gasteiger partial charge in [-0.05, 0) is 44.2 Å². The molecule has 9 heteroatoms. The Morgan fingerprint density at radius 3 is 2.72 bits per heavy atom. The molecule has 0 saturated carbocycles. The van der Waals surface area contributed by atoms with E-state index in [4.69, 9.17) is 24.7 Å². The van der Waals surface area contributed by atoms with Gasteiger partial charge in [-0.2, -0.15) is 0 Å². The lowest BCUT2D eigenvalue weighted by atomic mass is 10.1. The second-order valence-electron chi connectivity index (χ2n) is 7.40. The number of ether oxygens (including phenoxy) is 4. The van der Waals surface area contributed by atoms with Crippen LogP contribution in [-0.2, 0) is 16.1 Å². The number of nitrogens with zero attached hydrogens (tertiary/aromatic N) is 1. The van der Waals surface area contributed by atoms with Crippen LogP contribution >= 0.6 is 0 Å². The molecule has 0 fully saturated rings. The highest BCUT2D eigenvalue weighted by molar-refractivity contribution is 6.09. The van der Waals surface area contributed by atoms with Gasteiger partial charge in [0.05, 0.1) is 35.7 Å². The predicted octanol–water partition coefficient (Wildman–Crippen LogP) is 5.30. The van der Waals surface area contributed by atoms with Gasteiger partial charge in [0.2, 0.25) is 5.88 Å². The maximum Gasteiger partial charge on any atom is 0.515 e. The van der Waals surface area contributed by atoms with Crippen molar-refractivity contribution < 1.29 is 28.1 Å². The number of benzene rings is 2. The SMILES string of the molecule is COCc1c(OC(=O)OC(C)C)ncc2[nH]c3ccc(Oc4ccc(F)cc4N)cc3c12. The molecule has 4 aromatic rings. The molecule has 0 spiro atoms. The molecule has 2 aromatic heterocycles. The summed E-state index contributed by atoms with van der Waals surface area (Å²) in [4.78, 5) is 19.6. The van der Waals surface area contributed by atoms with Gasteiger partial charge >= 0.3 is 6.16 Å². The first-order valence-corrected chi connectivity index (χ1v) is 9.89. The van der Waals surface area contributed by atoms with Crippen LogP contribution in [0, 0.1) is 5.82 Å². The molecule has 0 aliphatic carbocycles. The number of hydrogen-bond donors (Lipinski definition) is 2. The Balaban J connectivity index is 1.79. The molecule has 0 atom stereocenters. The van der Waals surface area contributed by atoms with Crippen LogP contribution < -0.4 is 15.2 Å². The summed E-state index contributed by atoms with van der Waals surface area (Å²) in [6.07, 6.45) is 0.397. The van der Waals surface area contributed by atoms with Crippen LogP contribution in [0.5, 0.6) is 17.4 Å². The van der Waals surface area contributed by atoms with Crippen molar-refractivity contribution in [1.29, 1.82) is 0 Å². The van der Waals surface area contributed by atoms with E-state index < -0.39 is 12.0 Å². The molecule has 0 amide bonds. The Kier molecular flexibility index (Phi) is 5.83. The summed E-state index contributed by atoms with van der Waals surface area (Å²) in [5, 5.41) is 1.57. The van der Waals surface area contributed by atoms with E-state index in [1.165, 1.54) is 25.3 Å². The Bertz CT molecular complexity index is 1300. The van der Waals surface area contributed by atoms with Gasteiger partial charge in [-0.25, -0.2) is 14.2 Å². The van der Waals surface area contributed by atoms with Gasteiger partial charge in [-0.15, -0.1) is 0 Å². The van der Waals surface area contributed by atoms with Crippen molar-refractivity contribution in [3.8, 4) is 17.4 Å². The minimum Gasteiger partial charge on any atom is -0.455 e. The van der Waals surface area contributed by atoms with Crippen molar-refractivity contribution in [3.05, 3.63) is 54.0 Å². The van der Waals surface area contributed by atoms with Crippen LogP contribution in [0.25, 0.3) is 21.8 Å². The molecule has 0 saturated heterocycles. The monoisotopic (exact) mass is 439 g/mol. The lowest BCUT2D eigenvalue weighted by Gasteiger charge is -2.12. The Labute approximate surface area is 183 Å². The standard InChI is InChI=1S/C23H22FN3O5/c1-12(2)30-23(28)32-22-16(11-29-3)21-15-9-14(5-6-18(15)27-19(21)10-26-22)31-20-7-4-13(24)8-17(20)25/h4-10,12,27H,11,25H2,1-3H3. The van der Waals surface area contributed by atoms with Gasteiger partial charge in [-0.3, -0.25) is 0 Å². The van der Waals surface area contributed by atoms with E-state index in [2.05, 4.69) is 9.97 Å². The van der Waals surface area contributed by atoms with E-state index in [0.29, 0.717) is 17.1 Å². The van der Waals surface area contributed by atoms with Gasteiger partial charge in [0.1, 0.15) is 11.6 Å². The maximum absolute atomic E-state index is 13.3. The lowest BCUT2D eigenvalue weighted by molar-refractivity contribution is 0.0705. The van der Waals surface area contributed by atoms with Crippen molar-refractivity contribution in [1.82, 2.24) is 9.97 Å². The van der Waals surface area contributed by atoms with Crippen molar-refractivity contribution in [2.45, 2.75) is 26.6 Å². The largest absolute Gasteiger partial charge is 0.515 e. The number of halogens is 1. The van der Waals surface area contributed by atoms with Crippen molar-refractivity contribution in [2.24, 2.45) is 0 Å². The molecule has 3 N–H and O–H groups in total. The number of nitrogens with two attached hydrogens (primary N) is 1. The number of rotatable bonds is 6. The number of nitrogen functional groups attached to an aromatic ring is 1. The first-order valence-electron chi connectivity index (χ1n) is 9.89. The van der Waals surface area contributed by atoms with Crippen molar-refractivity contribution in [2.75, 3.05) is 12.8 Å². The van der Waals surface area contributed by atoms with E-state index in [1.807, 2.05) is 12.1 Å². The number of aromatic nitrogens is 2. The fourth-order valence-electron chi connectivity index (χ4n) is 3.39. The van der Waals surface area contributed by atoms with Gasteiger partial charge < -0.3 is 29.7 Å². The highest BCUT2D eigenvalue weighted by Gasteiger charge is 2.19. The van der Waals surface area contributed by atoms with Crippen LogP contribution in [0.3, 0.4) is 0 Å². The normalized spacial score (nSPS) is 11.3. The topological polar surface area (TPSA) is 109 Å². The lowest BCUT2D eigenvalue weighted by Crippen LogP contribution is -2.17. The molecule has 32 heavy (non-hydrogen) atoms. The molecule has 166 valence electrons. The van der Waals surface area contributed by atoms with Gasteiger partial charge in [-0.1, -0.05) is 0 Å².